The van der Waals surface area contributed by atoms with E-state index < -0.39 is 12.1 Å². The fourth-order valence-corrected chi connectivity index (χ4v) is 1.49. The molecule has 2 N–H and O–H groups in total. The predicted octanol–water partition coefficient (Wildman–Crippen LogP) is 3.98. The van der Waals surface area contributed by atoms with Crippen molar-refractivity contribution in [2.75, 3.05) is 6.54 Å². The molecule has 0 aromatic heterocycles. The number of allylic oxidation sites excluding steroid dienone is 5. The molecule has 0 radical (unpaired) electrons. The number of nitrogens with two attached hydrogens (primary N) is 1. The molecule has 0 aromatic rings. The van der Waals surface area contributed by atoms with E-state index in [1.54, 1.807) is 19.1 Å². The van der Waals surface area contributed by atoms with Gasteiger partial charge in [-0.3, -0.25) is 0 Å². The van der Waals surface area contributed by atoms with Gasteiger partial charge in [0.2, 0.25) is 0 Å². The third-order valence-corrected chi connectivity index (χ3v) is 2.25. The summed E-state index contributed by atoms with van der Waals surface area (Å²) in [5, 5.41) is 0. The van der Waals surface area contributed by atoms with E-state index in [2.05, 4.69) is 6.58 Å². The summed E-state index contributed by atoms with van der Waals surface area (Å²) in [6, 6.07) is 0. The van der Waals surface area contributed by atoms with Crippen LogP contribution in [0.2, 0.25) is 0 Å². The van der Waals surface area contributed by atoms with Crippen molar-refractivity contribution in [3.63, 3.8) is 0 Å². The Labute approximate surface area is 101 Å². The largest absolute Gasteiger partial charge is 0.395 e. The number of halogens is 3. The highest BCUT2D eigenvalue weighted by Gasteiger charge is 2.40. The molecule has 4 heteroatoms. The fourth-order valence-electron chi connectivity index (χ4n) is 1.49. The molecule has 0 amide bonds. The van der Waals surface area contributed by atoms with Crippen LogP contribution in [0.3, 0.4) is 0 Å². The van der Waals surface area contributed by atoms with Gasteiger partial charge in [0, 0.05) is 0 Å². The van der Waals surface area contributed by atoms with Gasteiger partial charge >= 0.3 is 6.18 Å². The second-order valence-electron chi connectivity index (χ2n) is 3.96. The average Bonchev–Trinajstić information content (AvgIpc) is 2.19. The number of hydrogen-bond donors (Lipinski definition) is 1. The van der Waals surface area contributed by atoms with E-state index in [9.17, 15) is 13.2 Å². The zero-order chi connectivity index (χ0) is 13.5. The third kappa shape index (κ3) is 6.31. The van der Waals surface area contributed by atoms with E-state index in [1.807, 2.05) is 6.92 Å². The Morgan fingerprint density at radius 2 is 1.94 bits per heavy atom. The summed E-state index contributed by atoms with van der Waals surface area (Å²) >= 11 is 0. The second kappa shape index (κ2) is 7.33. The summed E-state index contributed by atoms with van der Waals surface area (Å²) < 4.78 is 38.6. The monoisotopic (exact) mass is 247 g/mol. The highest BCUT2D eigenvalue weighted by Crippen LogP contribution is 2.35. The van der Waals surface area contributed by atoms with Gasteiger partial charge in [-0.1, -0.05) is 37.3 Å². The van der Waals surface area contributed by atoms with Crippen molar-refractivity contribution >= 4 is 0 Å². The van der Waals surface area contributed by atoms with Crippen LogP contribution >= 0.6 is 0 Å². The first-order valence-corrected chi connectivity index (χ1v) is 5.63. The molecular formula is C13H20F3N. The number of hydrogen-bond acceptors (Lipinski definition) is 1. The maximum Gasteiger partial charge on any atom is 0.395 e. The molecule has 0 bridgehead atoms. The molecular weight excluding hydrogens is 227 g/mol. The molecule has 0 saturated heterocycles. The van der Waals surface area contributed by atoms with Gasteiger partial charge in [0.25, 0.3) is 0 Å². The summed E-state index contributed by atoms with van der Waals surface area (Å²) in [7, 11) is 0. The Balaban J connectivity index is 5.11. The molecule has 1 nitrogen and oxygen atoms in total. The second-order valence-corrected chi connectivity index (χ2v) is 3.96. The van der Waals surface area contributed by atoms with Crippen LogP contribution in [0, 0.1) is 5.92 Å². The Morgan fingerprint density at radius 3 is 2.29 bits per heavy atom. The minimum atomic E-state index is -4.25. The Hall–Kier alpha value is -1.03. The van der Waals surface area contributed by atoms with Gasteiger partial charge in [-0.25, -0.2) is 0 Å². The molecule has 0 aliphatic heterocycles. The Bertz CT molecular complexity index is 300. The molecule has 0 aromatic carbocycles. The zero-order valence-corrected chi connectivity index (χ0v) is 10.3. The Kier molecular flexibility index (Phi) is 6.88. The summed E-state index contributed by atoms with van der Waals surface area (Å²) in [5.41, 5.74) is 6.24. The van der Waals surface area contributed by atoms with Crippen molar-refractivity contribution in [2.45, 2.75) is 32.9 Å². The minimum absolute atomic E-state index is 0.0200. The van der Waals surface area contributed by atoms with Crippen LogP contribution in [0.4, 0.5) is 13.2 Å². The molecule has 98 valence electrons. The van der Waals surface area contributed by atoms with Crippen LogP contribution in [-0.2, 0) is 0 Å². The highest BCUT2D eigenvalue weighted by molar-refractivity contribution is 5.28. The fraction of sp³-hybridized carbons (Fsp3) is 0.538. The van der Waals surface area contributed by atoms with E-state index >= 15 is 0 Å². The molecule has 0 fully saturated rings. The lowest BCUT2D eigenvalue weighted by atomic mass is 9.93. The van der Waals surface area contributed by atoms with Gasteiger partial charge in [-0.15, -0.1) is 0 Å². The van der Waals surface area contributed by atoms with E-state index in [-0.39, 0.29) is 18.5 Å². The van der Waals surface area contributed by atoms with E-state index in [1.165, 1.54) is 6.08 Å². The lowest BCUT2D eigenvalue weighted by molar-refractivity contribution is -0.164. The van der Waals surface area contributed by atoms with Gasteiger partial charge < -0.3 is 5.73 Å². The van der Waals surface area contributed by atoms with Crippen molar-refractivity contribution in [1.29, 1.82) is 0 Å². The summed E-state index contributed by atoms with van der Waals surface area (Å²) in [5.74, 6) is -1.48. The van der Waals surface area contributed by atoms with E-state index in [4.69, 9.17) is 5.73 Å². The van der Waals surface area contributed by atoms with Crippen molar-refractivity contribution in [3.05, 3.63) is 36.0 Å². The molecule has 0 rings (SSSR count). The molecule has 17 heavy (non-hydrogen) atoms. The lowest BCUT2D eigenvalue weighted by Crippen LogP contribution is -2.27. The van der Waals surface area contributed by atoms with Crippen LogP contribution < -0.4 is 5.73 Å². The predicted molar refractivity (Wildman–Crippen MR) is 65.5 cm³/mol. The first kappa shape index (κ1) is 16.0. The molecule has 0 heterocycles. The minimum Gasteiger partial charge on any atom is -0.330 e. The number of alkyl halides is 3. The average molecular weight is 247 g/mol. The van der Waals surface area contributed by atoms with Gasteiger partial charge in [0.05, 0.1) is 5.92 Å². The normalized spacial score (nSPS) is 15.3. The van der Waals surface area contributed by atoms with Crippen molar-refractivity contribution in [2.24, 2.45) is 11.7 Å². The number of rotatable bonds is 6. The molecule has 0 aliphatic carbocycles. The quantitative estimate of drug-likeness (QED) is 0.706. The van der Waals surface area contributed by atoms with Gasteiger partial charge in [-0.2, -0.15) is 13.2 Å². The van der Waals surface area contributed by atoms with Crippen molar-refractivity contribution in [1.82, 2.24) is 0 Å². The maximum absolute atomic E-state index is 12.9. The molecule has 0 aliphatic rings. The molecule has 1 unspecified atom stereocenters. The molecule has 1 atom stereocenters. The van der Waals surface area contributed by atoms with Gasteiger partial charge in [0.15, 0.2) is 0 Å². The summed E-state index contributed by atoms with van der Waals surface area (Å²) in [6.07, 6.45) is 0.895. The van der Waals surface area contributed by atoms with E-state index in [0.717, 1.165) is 5.57 Å². The first-order valence-electron chi connectivity index (χ1n) is 5.63. The first-order chi connectivity index (χ1) is 7.82. The molecule has 0 saturated carbocycles. The zero-order valence-electron chi connectivity index (χ0n) is 10.3. The van der Waals surface area contributed by atoms with E-state index in [0.29, 0.717) is 6.42 Å². The summed E-state index contributed by atoms with van der Waals surface area (Å²) in [6.45, 7) is 7.21. The van der Waals surface area contributed by atoms with Crippen molar-refractivity contribution in [3.8, 4) is 0 Å². The van der Waals surface area contributed by atoms with Crippen LogP contribution in [-0.4, -0.2) is 12.7 Å². The van der Waals surface area contributed by atoms with Crippen LogP contribution in [0.25, 0.3) is 0 Å². The standard InChI is InChI=1S/C13H20F3N/c1-4-5-11(7-6-10(2)3)12(8-9-17)13(14,15)16/h5-7,12H,2,4,8-9,17H2,1,3H3/b7-6-,11-5+. The Morgan fingerprint density at radius 1 is 1.35 bits per heavy atom. The van der Waals surface area contributed by atoms with Crippen LogP contribution in [0.15, 0.2) is 36.0 Å². The smallest absolute Gasteiger partial charge is 0.330 e. The van der Waals surface area contributed by atoms with Crippen LogP contribution in [0.5, 0.6) is 0 Å². The van der Waals surface area contributed by atoms with Crippen LogP contribution in [0.1, 0.15) is 26.7 Å². The highest BCUT2D eigenvalue weighted by atomic mass is 19.4. The topological polar surface area (TPSA) is 26.0 Å². The third-order valence-electron chi connectivity index (χ3n) is 2.25. The van der Waals surface area contributed by atoms with Gasteiger partial charge in [-0.05, 0) is 31.9 Å². The SMILES string of the molecule is C=C(C)/C=C\C(=C/CC)C(CCN)C(F)(F)F. The summed E-state index contributed by atoms with van der Waals surface area (Å²) in [4.78, 5) is 0. The van der Waals surface area contributed by atoms with Gasteiger partial charge in [0.1, 0.15) is 0 Å². The molecule has 0 spiro atoms. The van der Waals surface area contributed by atoms with Crippen molar-refractivity contribution < 1.29 is 13.2 Å². The lowest BCUT2D eigenvalue weighted by Gasteiger charge is -2.21. The maximum atomic E-state index is 12.9.